The zero-order chi connectivity index (χ0) is 14.0. The molecule has 0 spiro atoms. The molecule has 0 saturated carbocycles. The molecule has 0 N–H and O–H groups in total. The Morgan fingerprint density at radius 3 is 2.53 bits per heavy atom. The first-order chi connectivity index (χ1) is 9.04. The van der Waals surface area contributed by atoms with Gasteiger partial charge in [-0.15, -0.1) is 0 Å². The summed E-state index contributed by atoms with van der Waals surface area (Å²) < 4.78 is 0. The fourth-order valence-corrected chi connectivity index (χ4v) is 2.75. The molecular formula is C15H18NO3-. The van der Waals surface area contributed by atoms with E-state index in [-0.39, 0.29) is 12.3 Å². The quantitative estimate of drug-likeness (QED) is 0.816. The molecule has 1 aliphatic heterocycles. The molecule has 1 amide bonds. The summed E-state index contributed by atoms with van der Waals surface area (Å²) in [6.45, 7) is 4.36. The molecule has 0 radical (unpaired) electrons. The van der Waals surface area contributed by atoms with E-state index in [1.807, 2.05) is 38.1 Å². The van der Waals surface area contributed by atoms with Gasteiger partial charge in [-0.1, -0.05) is 29.8 Å². The molecule has 0 unspecified atom stereocenters. The van der Waals surface area contributed by atoms with Gasteiger partial charge in [0.1, 0.15) is 0 Å². The third-order valence-electron chi connectivity index (χ3n) is 3.77. The van der Waals surface area contributed by atoms with Crippen molar-refractivity contribution in [1.82, 2.24) is 4.90 Å². The van der Waals surface area contributed by atoms with Crippen LogP contribution in [0.2, 0.25) is 0 Å². The lowest BCUT2D eigenvalue weighted by Crippen LogP contribution is -2.48. The molecule has 19 heavy (non-hydrogen) atoms. The zero-order valence-electron chi connectivity index (χ0n) is 11.3. The number of carboxylic acid groups (broad SMARTS) is 1. The van der Waals surface area contributed by atoms with Crippen LogP contribution >= 0.6 is 0 Å². The van der Waals surface area contributed by atoms with Gasteiger partial charge in [0.05, 0.1) is 6.04 Å². The number of hydrogen-bond acceptors (Lipinski definition) is 3. The van der Waals surface area contributed by atoms with Crippen LogP contribution in [0.5, 0.6) is 0 Å². The molecule has 2 rings (SSSR count). The van der Waals surface area contributed by atoms with Crippen LogP contribution < -0.4 is 5.11 Å². The topological polar surface area (TPSA) is 60.4 Å². The summed E-state index contributed by atoms with van der Waals surface area (Å²) in [4.78, 5) is 24.9. The van der Waals surface area contributed by atoms with Crippen molar-refractivity contribution in [2.75, 3.05) is 6.54 Å². The van der Waals surface area contributed by atoms with Gasteiger partial charge in [-0.25, -0.2) is 0 Å². The molecule has 1 aromatic rings. The highest BCUT2D eigenvalue weighted by molar-refractivity contribution is 5.81. The number of aliphatic carboxylic acids is 1. The van der Waals surface area contributed by atoms with Crippen LogP contribution in [0.1, 0.15) is 36.9 Å². The van der Waals surface area contributed by atoms with Crippen molar-refractivity contribution in [1.29, 1.82) is 0 Å². The number of carbonyl (C=O) groups is 2. The minimum Gasteiger partial charge on any atom is -0.550 e. The number of nitrogens with zero attached hydrogens (tertiary/aromatic N) is 1. The lowest BCUT2D eigenvalue weighted by molar-refractivity contribution is -0.314. The van der Waals surface area contributed by atoms with E-state index in [0.717, 1.165) is 11.1 Å². The van der Waals surface area contributed by atoms with Crippen molar-refractivity contribution in [2.45, 2.75) is 32.7 Å². The standard InChI is InChI=1S/C15H19NO3/c1-3-16-13(17)9-8-12(15(18)19)14(16)11-6-4-10(2)5-7-11/h4-7,12,14H,3,8-9H2,1-2H3,(H,18,19)/p-1/t12-,14+/m0/s1. The zero-order valence-corrected chi connectivity index (χ0v) is 11.3. The number of piperidine rings is 1. The second-order valence-electron chi connectivity index (χ2n) is 5.00. The highest BCUT2D eigenvalue weighted by Gasteiger charge is 2.36. The molecule has 1 aromatic carbocycles. The highest BCUT2D eigenvalue weighted by Crippen LogP contribution is 2.36. The maximum atomic E-state index is 12.0. The predicted octanol–water partition coefficient (Wildman–Crippen LogP) is 1.04. The molecule has 0 bridgehead atoms. The van der Waals surface area contributed by atoms with Crippen LogP contribution in [0.15, 0.2) is 24.3 Å². The van der Waals surface area contributed by atoms with Gasteiger partial charge in [-0.3, -0.25) is 4.79 Å². The average molecular weight is 260 g/mol. The van der Waals surface area contributed by atoms with Crippen LogP contribution in [0.25, 0.3) is 0 Å². The number of rotatable bonds is 3. The van der Waals surface area contributed by atoms with E-state index in [1.165, 1.54) is 0 Å². The van der Waals surface area contributed by atoms with Gasteiger partial charge < -0.3 is 14.8 Å². The van der Waals surface area contributed by atoms with Crippen molar-refractivity contribution in [3.63, 3.8) is 0 Å². The molecule has 4 nitrogen and oxygen atoms in total. The van der Waals surface area contributed by atoms with Crippen molar-refractivity contribution < 1.29 is 14.7 Å². The average Bonchev–Trinajstić information content (AvgIpc) is 2.39. The fourth-order valence-electron chi connectivity index (χ4n) is 2.75. The lowest BCUT2D eigenvalue weighted by atomic mass is 9.84. The Bertz CT molecular complexity index is 479. The molecule has 0 aliphatic carbocycles. The molecule has 0 aromatic heterocycles. The number of hydrogen-bond donors (Lipinski definition) is 0. The predicted molar refractivity (Wildman–Crippen MR) is 69.0 cm³/mol. The van der Waals surface area contributed by atoms with E-state index < -0.39 is 17.9 Å². The van der Waals surface area contributed by atoms with E-state index in [9.17, 15) is 14.7 Å². The number of aryl methyl sites for hydroxylation is 1. The molecule has 1 heterocycles. The van der Waals surface area contributed by atoms with E-state index in [2.05, 4.69) is 0 Å². The van der Waals surface area contributed by atoms with E-state index >= 15 is 0 Å². The third-order valence-corrected chi connectivity index (χ3v) is 3.77. The van der Waals surface area contributed by atoms with Gasteiger partial charge in [-0.2, -0.15) is 0 Å². The Morgan fingerprint density at radius 2 is 2.00 bits per heavy atom. The Hall–Kier alpha value is -1.84. The third kappa shape index (κ3) is 2.62. The summed E-state index contributed by atoms with van der Waals surface area (Å²) in [6, 6.07) is 7.27. The minimum absolute atomic E-state index is 0.0191. The van der Waals surface area contributed by atoms with Gasteiger partial charge in [-0.05, 0) is 25.8 Å². The van der Waals surface area contributed by atoms with E-state index in [0.29, 0.717) is 13.0 Å². The maximum absolute atomic E-state index is 12.0. The summed E-state index contributed by atoms with van der Waals surface area (Å²) >= 11 is 0. The van der Waals surface area contributed by atoms with Crippen molar-refractivity contribution in [2.24, 2.45) is 5.92 Å². The van der Waals surface area contributed by atoms with Crippen molar-refractivity contribution in [3.8, 4) is 0 Å². The molecule has 1 aliphatic rings. The first kappa shape index (κ1) is 13.6. The van der Waals surface area contributed by atoms with Crippen LogP contribution in [0.3, 0.4) is 0 Å². The number of benzene rings is 1. The molecular weight excluding hydrogens is 242 g/mol. The SMILES string of the molecule is CCN1C(=O)CC[C@H](C(=O)[O-])[C@H]1c1ccc(C)cc1. The van der Waals surface area contributed by atoms with Crippen molar-refractivity contribution in [3.05, 3.63) is 35.4 Å². The number of amides is 1. The normalized spacial score (nSPS) is 23.5. The number of likely N-dealkylation sites (tertiary alicyclic amines) is 1. The van der Waals surface area contributed by atoms with E-state index in [4.69, 9.17) is 0 Å². The molecule has 102 valence electrons. The summed E-state index contributed by atoms with van der Waals surface area (Å²) in [5.74, 6) is -1.68. The van der Waals surface area contributed by atoms with Gasteiger partial charge in [0.25, 0.3) is 0 Å². The minimum atomic E-state index is -1.07. The smallest absolute Gasteiger partial charge is 0.223 e. The van der Waals surface area contributed by atoms with Crippen LogP contribution in [0.4, 0.5) is 0 Å². The summed E-state index contributed by atoms with van der Waals surface area (Å²) in [5.41, 5.74) is 1.98. The van der Waals surface area contributed by atoms with Crippen LogP contribution in [-0.4, -0.2) is 23.3 Å². The number of carboxylic acids is 1. The summed E-state index contributed by atoms with van der Waals surface area (Å²) in [6.07, 6.45) is 0.644. The van der Waals surface area contributed by atoms with Gasteiger partial charge in [0.15, 0.2) is 0 Å². The Morgan fingerprint density at radius 1 is 1.37 bits per heavy atom. The first-order valence-electron chi connectivity index (χ1n) is 6.61. The monoisotopic (exact) mass is 260 g/mol. The van der Waals surface area contributed by atoms with Gasteiger partial charge in [0.2, 0.25) is 5.91 Å². The lowest BCUT2D eigenvalue weighted by Gasteiger charge is -2.41. The van der Waals surface area contributed by atoms with Crippen LogP contribution in [0, 0.1) is 12.8 Å². The van der Waals surface area contributed by atoms with Crippen molar-refractivity contribution >= 4 is 11.9 Å². The highest BCUT2D eigenvalue weighted by atomic mass is 16.4. The summed E-state index contributed by atoms with van der Waals surface area (Å²) in [5, 5.41) is 11.3. The summed E-state index contributed by atoms with van der Waals surface area (Å²) in [7, 11) is 0. The Labute approximate surface area is 113 Å². The van der Waals surface area contributed by atoms with Gasteiger partial charge in [0, 0.05) is 24.9 Å². The maximum Gasteiger partial charge on any atom is 0.223 e. The molecule has 1 fully saturated rings. The van der Waals surface area contributed by atoms with E-state index in [1.54, 1.807) is 4.90 Å². The largest absolute Gasteiger partial charge is 0.550 e. The number of carbonyl (C=O) groups excluding carboxylic acids is 2. The molecule has 4 heteroatoms. The Balaban J connectivity index is 2.40. The molecule has 2 atom stereocenters. The second kappa shape index (κ2) is 5.43. The Kier molecular flexibility index (Phi) is 3.88. The van der Waals surface area contributed by atoms with Crippen LogP contribution in [-0.2, 0) is 9.59 Å². The first-order valence-corrected chi connectivity index (χ1v) is 6.61. The fraction of sp³-hybridized carbons (Fsp3) is 0.467. The molecule has 1 saturated heterocycles. The second-order valence-corrected chi connectivity index (χ2v) is 5.00. The van der Waals surface area contributed by atoms with Gasteiger partial charge >= 0.3 is 0 Å².